The number of sulfonamides is 1. The average molecular weight is 555 g/mol. The number of hydrogen-bond acceptors (Lipinski definition) is 4. The Balaban J connectivity index is 1.83. The molecule has 0 aliphatic heterocycles. The Morgan fingerprint density at radius 3 is 2.19 bits per heavy atom. The number of carbonyl (C=O) groups is 2. The van der Waals surface area contributed by atoms with Gasteiger partial charge in [0, 0.05) is 35.2 Å². The van der Waals surface area contributed by atoms with E-state index >= 15 is 0 Å². The number of likely N-dealkylation sites (N-methyl/N-ethyl adjacent to an activating group) is 1. The monoisotopic (exact) mass is 553 g/mol. The van der Waals surface area contributed by atoms with Crippen LogP contribution in [0.25, 0.3) is 0 Å². The van der Waals surface area contributed by atoms with Crippen LogP contribution in [0, 0.1) is 6.92 Å². The molecule has 2 amide bonds. The van der Waals surface area contributed by atoms with Crippen molar-refractivity contribution in [3.05, 3.63) is 63.6 Å². The largest absolute Gasteiger partial charge is 0.352 e. The lowest BCUT2D eigenvalue weighted by molar-refractivity contribution is -0.141. The van der Waals surface area contributed by atoms with Crippen LogP contribution in [-0.2, 0) is 26.2 Å². The Bertz CT molecular complexity index is 1160. The zero-order valence-electron chi connectivity index (χ0n) is 20.8. The quantitative estimate of drug-likeness (QED) is 0.483. The Hall–Kier alpha value is -2.13. The third-order valence-corrected chi connectivity index (χ3v) is 9.12. The maximum Gasteiger partial charge on any atom is 0.243 e. The van der Waals surface area contributed by atoms with E-state index in [2.05, 4.69) is 5.32 Å². The number of nitrogens with one attached hydrogen (secondary N) is 1. The molecule has 1 aliphatic rings. The van der Waals surface area contributed by atoms with Crippen LogP contribution in [0.1, 0.15) is 50.2 Å². The van der Waals surface area contributed by atoms with Crippen LogP contribution in [0.3, 0.4) is 0 Å². The fraction of sp³-hybridized carbons (Fsp3) is 0.462. The fourth-order valence-electron chi connectivity index (χ4n) is 4.26. The first kappa shape index (κ1) is 28.4. The molecule has 1 saturated carbocycles. The molecule has 2 aromatic rings. The lowest BCUT2D eigenvalue weighted by Crippen LogP contribution is -2.52. The molecule has 1 unspecified atom stereocenters. The van der Waals surface area contributed by atoms with Gasteiger partial charge in [0.15, 0.2) is 0 Å². The standard InChI is InChI=1S/C26H33Cl2N3O4S/c1-18-12-14-21(15-13-18)36(34,35)30(3)17-25(32)31(16-22-23(27)10-7-11-24(22)28)19(2)26(33)29-20-8-5-4-6-9-20/h7,10-15,19-20H,4-6,8-9,16-17H2,1-3H3,(H,29,33). The molecule has 196 valence electrons. The zero-order valence-corrected chi connectivity index (χ0v) is 23.2. The van der Waals surface area contributed by atoms with Crippen molar-refractivity contribution >= 4 is 45.0 Å². The van der Waals surface area contributed by atoms with Crippen LogP contribution < -0.4 is 5.32 Å². The van der Waals surface area contributed by atoms with E-state index < -0.39 is 28.5 Å². The summed E-state index contributed by atoms with van der Waals surface area (Å²) in [6, 6.07) is 10.6. The van der Waals surface area contributed by atoms with Gasteiger partial charge in [-0.25, -0.2) is 8.42 Å². The van der Waals surface area contributed by atoms with Crippen molar-refractivity contribution in [3.8, 4) is 0 Å². The maximum absolute atomic E-state index is 13.5. The van der Waals surface area contributed by atoms with Gasteiger partial charge in [0.25, 0.3) is 0 Å². The van der Waals surface area contributed by atoms with Crippen LogP contribution in [0.5, 0.6) is 0 Å². The van der Waals surface area contributed by atoms with Gasteiger partial charge in [-0.15, -0.1) is 0 Å². The average Bonchev–Trinajstić information content (AvgIpc) is 2.84. The highest BCUT2D eigenvalue weighted by Crippen LogP contribution is 2.27. The summed E-state index contributed by atoms with van der Waals surface area (Å²) in [5.41, 5.74) is 1.42. The van der Waals surface area contributed by atoms with Gasteiger partial charge < -0.3 is 10.2 Å². The van der Waals surface area contributed by atoms with Gasteiger partial charge in [-0.3, -0.25) is 9.59 Å². The second-order valence-corrected chi connectivity index (χ2v) is 12.2. The molecule has 3 rings (SSSR count). The van der Waals surface area contributed by atoms with Gasteiger partial charge in [-0.1, -0.05) is 66.2 Å². The molecule has 1 aliphatic carbocycles. The number of nitrogens with zero attached hydrogens (tertiary/aromatic N) is 2. The number of halogens is 2. The number of rotatable bonds is 9. The molecule has 1 atom stereocenters. The molecule has 36 heavy (non-hydrogen) atoms. The molecule has 0 aromatic heterocycles. The van der Waals surface area contributed by atoms with Gasteiger partial charge in [0.2, 0.25) is 21.8 Å². The molecular formula is C26H33Cl2N3O4S. The highest BCUT2D eigenvalue weighted by atomic mass is 35.5. The molecule has 1 fully saturated rings. The van der Waals surface area contributed by atoms with Crippen molar-refractivity contribution < 1.29 is 18.0 Å². The minimum Gasteiger partial charge on any atom is -0.352 e. The summed E-state index contributed by atoms with van der Waals surface area (Å²) in [6.45, 7) is 3.02. The molecule has 1 N–H and O–H groups in total. The first-order valence-corrected chi connectivity index (χ1v) is 14.3. The Morgan fingerprint density at radius 1 is 1.03 bits per heavy atom. The van der Waals surface area contributed by atoms with Crippen LogP contribution in [0.4, 0.5) is 0 Å². The van der Waals surface area contributed by atoms with E-state index in [4.69, 9.17) is 23.2 Å². The van der Waals surface area contributed by atoms with Crippen molar-refractivity contribution in [3.63, 3.8) is 0 Å². The minimum absolute atomic E-state index is 0.0327. The number of carbonyl (C=O) groups excluding carboxylic acids is 2. The molecule has 0 heterocycles. The van der Waals surface area contributed by atoms with Crippen molar-refractivity contribution in [2.45, 2.75) is 69.5 Å². The van der Waals surface area contributed by atoms with Gasteiger partial charge in [0.1, 0.15) is 6.04 Å². The molecule has 2 aromatic carbocycles. The van der Waals surface area contributed by atoms with E-state index in [1.807, 2.05) is 6.92 Å². The first-order chi connectivity index (χ1) is 17.0. The molecular weight excluding hydrogens is 521 g/mol. The van der Waals surface area contributed by atoms with E-state index in [1.54, 1.807) is 37.3 Å². The molecule has 0 spiro atoms. The predicted octanol–water partition coefficient (Wildman–Crippen LogP) is 4.79. The summed E-state index contributed by atoms with van der Waals surface area (Å²) in [7, 11) is -2.56. The Kier molecular flexibility index (Phi) is 9.80. The van der Waals surface area contributed by atoms with Crippen LogP contribution >= 0.6 is 23.2 Å². The summed E-state index contributed by atoms with van der Waals surface area (Å²) >= 11 is 12.7. The summed E-state index contributed by atoms with van der Waals surface area (Å²) in [6.07, 6.45) is 5.07. The predicted molar refractivity (Wildman–Crippen MR) is 142 cm³/mol. The van der Waals surface area contributed by atoms with E-state index in [0.717, 1.165) is 42.0 Å². The van der Waals surface area contributed by atoms with Gasteiger partial charge in [-0.2, -0.15) is 4.31 Å². The van der Waals surface area contributed by atoms with Crippen LogP contribution in [-0.4, -0.2) is 55.1 Å². The lowest BCUT2D eigenvalue weighted by Gasteiger charge is -2.32. The second kappa shape index (κ2) is 12.4. The SMILES string of the molecule is Cc1ccc(S(=O)(=O)N(C)CC(=O)N(Cc2c(Cl)cccc2Cl)C(C)C(=O)NC2CCCCC2)cc1. The van der Waals surface area contributed by atoms with Gasteiger partial charge in [0.05, 0.1) is 11.4 Å². The van der Waals surface area contributed by atoms with Gasteiger partial charge in [-0.05, 0) is 51.0 Å². The summed E-state index contributed by atoms with van der Waals surface area (Å²) < 4.78 is 27.1. The number of amides is 2. The number of hydrogen-bond donors (Lipinski definition) is 1. The van der Waals surface area contributed by atoms with Crippen molar-refractivity contribution in [2.75, 3.05) is 13.6 Å². The summed E-state index contributed by atoms with van der Waals surface area (Å²) in [4.78, 5) is 28.1. The fourth-order valence-corrected chi connectivity index (χ4v) is 5.90. The summed E-state index contributed by atoms with van der Waals surface area (Å²) in [5.74, 6) is -0.821. The van der Waals surface area contributed by atoms with Gasteiger partial charge >= 0.3 is 0 Å². The Morgan fingerprint density at radius 2 is 1.61 bits per heavy atom. The van der Waals surface area contributed by atoms with Crippen LogP contribution in [0.2, 0.25) is 10.0 Å². The molecule has 0 bridgehead atoms. The summed E-state index contributed by atoms with van der Waals surface area (Å²) in [5, 5.41) is 3.78. The first-order valence-electron chi connectivity index (χ1n) is 12.1. The third-order valence-electron chi connectivity index (χ3n) is 6.60. The van der Waals surface area contributed by atoms with Crippen molar-refractivity contribution in [1.29, 1.82) is 0 Å². The Labute approximate surface area is 223 Å². The maximum atomic E-state index is 13.5. The van der Waals surface area contributed by atoms with Crippen molar-refractivity contribution in [1.82, 2.24) is 14.5 Å². The van der Waals surface area contributed by atoms with E-state index in [9.17, 15) is 18.0 Å². The molecule has 0 saturated heterocycles. The number of benzene rings is 2. The minimum atomic E-state index is -3.91. The highest BCUT2D eigenvalue weighted by Gasteiger charge is 2.32. The van der Waals surface area contributed by atoms with E-state index in [1.165, 1.54) is 24.1 Å². The second-order valence-electron chi connectivity index (χ2n) is 9.32. The smallest absolute Gasteiger partial charge is 0.243 e. The molecule has 0 radical (unpaired) electrons. The van der Waals surface area contributed by atoms with E-state index in [0.29, 0.717) is 15.6 Å². The highest BCUT2D eigenvalue weighted by molar-refractivity contribution is 7.89. The van der Waals surface area contributed by atoms with E-state index in [-0.39, 0.29) is 23.4 Å². The third kappa shape index (κ3) is 7.00. The lowest BCUT2D eigenvalue weighted by atomic mass is 9.95. The topological polar surface area (TPSA) is 86.8 Å². The normalized spacial score (nSPS) is 15.5. The van der Waals surface area contributed by atoms with Crippen molar-refractivity contribution in [2.24, 2.45) is 0 Å². The van der Waals surface area contributed by atoms with Crippen LogP contribution in [0.15, 0.2) is 47.4 Å². The molecule has 10 heteroatoms. The number of aryl methyl sites for hydroxylation is 1. The zero-order chi connectivity index (χ0) is 26.5. The molecule has 7 nitrogen and oxygen atoms in total.